The monoisotopic (exact) mass is 306 g/mol. The zero-order valence-corrected chi connectivity index (χ0v) is 11.7. The Morgan fingerprint density at radius 1 is 1.27 bits per heavy atom. The number of hydrazine groups is 1. The van der Waals surface area contributed by atoms with E-state index in [1.165, 1.54) is 0 Å². The van der Waals surface area contributed by atoms with Gasteiger partial charge in [-0.3, -0.25) is 9.59 Å². The number of fused-ring (bicyclic) bond motifs is 1. The number of carbonyl (C=O) groups is 3. The van der Waals surface area contributed by atoms with Crippen LogP contribution in [0.25, 0.3) is 0 Å². The molecule has 0 bridgehead atoms. The Morgan fingerprint density at radius 2 is 1.82 bits per heavy atom. The van der Waals surface area contributed by atoms with Gasteiger partial charge in [-0.2, -0.15) is 9.78 Å². The Hall–Kier alpha value is -2.29. The van der Waals surface area contributed by atoms with Crippen molar-refractivity contribution in [3.8, 4) is 0 Å². The molecule has 2 heterocycles. The molecule has 1 fully saturated rings. The Morgan fingerprint density at radius 3 is 2.23 bits per heavy atom. The lowest BCUT2D eigenvalue weighted by molar-refractivity contribution is -0.146. The largest absolute Gasteiger partial charge is 0.477 e. The molecule has 0 spiro atoms. The van der Waals surface area contributed by atoms with E-state index in [2.05, 4.69) is 15.2 Å². The van der Waals surface area contributed by atoms with Crippen LogP contribution in [0, 0.1) is 0 Å². The van der Waals surface area contributed by atoms with Crippen molar-refractivity contribution in [1.29, 1.82) is 0 Å². The quantitative estimate of drug-likeness (QED) is 0.452. The Kier molecular flexibility index (Phi) is 3.44. The van der Waals surface area contributed by atoms with Crippen LogP contribution in [-0.2, 0) is 14.6 Å². The molecule has 22 heavy (non-hydrogen) atoms. The summed E-state index contributed by atoms with van der Waals surface area (Å²) < 4.78 is 0. The summed E-state index contributed by atoms with van der Waals surface area (Å²) in [5.41, 5.74) is 3.20. The van der Waals surface area contributed by atoms with Gasteiger partial charge < -0.3 is 5.11 Å². The third kappa shape index (κ3) is 2.08. The number of carboxylic acids is 1. The van der Waals surface area contributed by atoms with Gasteiger partial charge in [0.25, 0.3) is 11.8 Å². The number of nitrogens with one attached hydrogen (secondary N) is 1. The molecule has 116 valence electrons. The predicted octanol–water partition coefficient (Wildman–Crippen LogP) is 0.699. The molecule has 8 heteroatoms. The lowest BCUT2D eigenvalue weighted by Gasteiger charge is -2.24. The molecule has 1 aromatic carbocycles. The molecule has 1 aromatic rings. The van der Waals surface area contributed by atoms with Gasteiger partial charge in [0.05, 0.1) is 17.2 Å². The average molecular weight is 306 g/mol. The fourth-order valence-corrected chi connectivity index (χ4v) is 2.47. The normalized spacial score (nSPS) is 20.0. The van der Waals surface area contributed by atoms with Gasteiger partial charge in [-0.05, 0) is 18.6 Å². The maximum atomic E-state index is 12.3. The number of hydrogen-bond acceptors (Lipinski definition) is 6. The Balaban J connectivity index is 1.85. The maximum Gasteiger partial charge on any atom is 0.372 e. The number of hydrogen-bond donors (Lipinski definition) is 2. The molecule has 2 amide bonds. The second-order valence-corrected chi connectivity index (χ2v) is 5.10. The second-order valence-electron chi connectivity index (χ2n) is 5.10. The van der Waals surface area contributed by atoms with E-state index < -0.39 is 29.6 Å². The smallest absolute Gasteiger partial charge is 0.372 e. The van der Waals surface area contributed by atoms with E-state index in [1.807, 2.05) is 6.92 Å². The first-order valence-electron chi connectivity index (χ1n) is 6.85. The van der Waals surface area contributed by atoms with Crippen LogP contribution >= 0.6 is 0 Å². The van der Waals surface area contributed by atoms with E-state index in [4.69, 9.17) is 0 Å². The van der Waals surface area contributed by atoms with Crippen molar-refractivity contribution in [3.05, 3.63) is 35.4 Å². The zero-order valence-electron chi connectivity index (χ0n) is 11.7. The van der Waals surface area contributed by atoms with E-state index in [1.54, 1.807) is 24.3 Å². The summed E-state index contributed by atoms with van der Waals surface area (Å²) in [6.45, 7) is 1.84. The Labute approximate surface area is 125 Å². The minimum atomic E-state index is -1.86. The molecule has 2 N–H and O–H groups in total. The number of imide groups is 1. The number of amides is 2. The van der Waals surface area contributed by atoms with E-state index in [0.717, 1.165) is 5.01 Å². The van der Waals surface area contributed by atoms with Crippen molar-refractivity contribution >= 4 is 17.8 Å². The van der Waals surface area contributed by atoms with Crippen LogP contribution in [0.2, 0.25) is 0 Å². The molecule has 0 aromatic heterocycles. The lowest BCUT2D eigenvalue weighted by Crippen LogP contribution is -2.56. The van der Waals surface area contributed by atoms with Gasteiger partial charge in [0.1, 0.15) is 0 Å². The van der Waals surface area contributed by atoms with Gasteiger partial charge in [0, 0.05) is 0 Å². The highest BCUT2D eigenvalue weighted by Gasteiger charge is 2.64. The summed E-state index contributed by atoms with van der Waals surface area (Å²) in [5, 5.41) is 10.0. The molecule has 2 aliphatic heterocycles. The van der Waals surface area contributed by atoms with Crippen LogP contribution in [0.5, 0.6) is 0 Å². The number of carboxylic acid groups (broad SMARTS) is 1. The summed E-state index contributed by atoms with van der Waals surface area (Å²) in [6, 6.07) is 5.54. The van der Waals surface area contributed by atoms with Crippen LogP contribution in [0.4, 0.5) is 0 Å². The highest BCUT2D eigenvalue weighted by Crippen LogP contribution is 2.36. The van der Waals surface area contributed by atoms with Crippen LogP contribution in [0.3, 0.4) is 0 Å². The summed E-state index contributed by atoms with van der Waals surface area (Å²) in [7, 11) is 0. The number of rotatable bonds is 6. The third-order valence-corrected chi connectivity index (χ3v) is 3.68. The average Bonchev–Trinajstić information content (AvgIpc) is 3.28. The molecule has 0 saturated carbocycles. The van der Waals surface area contributed by atoms with Crippen LogP contribution < -0.4 is 5.43 Å². The van der Waals surface area contributed by atoms with Gasteiger partial charge in [0.2, 0.25) is 0 Å². The Bertz CT molecular complexity index is 619. The molecule has 0 radical (unpaired) electrons. The SMILES string of the molecule is CCCC(NN1C(=O)c2ccccc2C1=O)C1(C(=O)O)OO1. The van der Waals surface area contributed by atoms with Crippen LogP contribution in [0.15, 0.2) is 24.3 Å². The topological polar surface area (TPSA) is 112 Å². The van der Waals surface area contributed by atoms with Crippen molar-refractivity contribution in [1.82, 2.24) is 10.4 Å². The van der Waals surface area contributed by atoms with E-state index >= 15 is 0 Å². The first-order chi connectivity index (χ1) is 10.5. The molecular weight excluding hydrogens is 292 g/mol. The van der Waals surface area contributed by atoms with E-state index in [-0.39, 0.29) is 11.1 Å². The van der Waals surface area contributed by atoms with Gasteiger partial charge in [-0.15, -0.1) is 0 Å². The fraction of sp³-hybridized carbons (Fsp3) is 0.357. The first-order valence-corrected chi connectivity index (χ1v) is 6.85. The standard InChI is InChI=1S/C14H14N2O6/c1-2-5-10(14(13(19)20)21-22-14)15-16-11(17)8-6-3-4-7-9(8)12(16)18/h3-4,6-7,10,15H,2,5H2,1H3,(H,19,20). The summed E-state index contributed by atoms with van der Waals surface area (Å²) in [6.07, 6.45) is 0.961. The van der Waals surface area contributed by atoms with Crippen molar-refractivity contribution in [2.75, 3.05) is 0 Å². The number of nitrogens with zero attached hydrogens (tertiary/aromatic N) is 1. The van der Waals surface area contributed by atoms with Gasteiger partial charge >= 0.3 is 11.8 Å². The van der Waals surface area contributed by atoms with Gasteiger partial charge in [0.15, 0.2) is 0 Å². The predicted molar refractivity (Wildman–Crippen MR) is 71.3 cm³/mol. The number of aliphatic carboxylic acids is 1. The van der Waals surface area contributed by atoms with Gasteiger partial charge in [-0.25, -0.2) is 15.2 Å². The molecule has 8 nitrogen and oxygen atoms in total. The summed E-state index contributed by atoms with van der Waals surface area (Å²) in [5.74, 6) is -4.22. The van der Waals surface area contributed by atoms with Crippen molar-refractivity contribution < 1.29 is 29.3 Å². The second kappa shape index (κ2) is 5.16. The maximum absolute atomic E-state index is 12.3. The number of carbonyl (C=O) groups excluding carboxylic acids is 2. The highest BCUT2D eigenvalue weighted by atomic mass is 17.4. The molecule has 2 aliphatic rings. The molecule has 3 rings (SSSR count). The van der Waals surface area contributed by atoms with Crippen molar-refractivity contribution in [2.24, 2.45) is 0 Å². The highest BCUT2D eigenvalue weighted by molar-refractivity contribution is 6.21. The summed E-state index contributed by atoms with van der Waals surface area (Å²) >= 11 is 0. The van der Waals surface area contributed by atoms with Crippen LogP contribution in [-0.4, -0.2) is 39.7 Å². The minimum absolute atomic E-state index is 0.275. The fourth-order valence-electron chi connectivity index (χ4n) is 2.47. The summed E-state index contributed by atoms with van der Waals surface area (Å²) in [4.78, 5) is 45.1. The van der Waals surface area contributed by atoms with Crippen molar-refractivity contribution in [2.45, 2.75) is 31.6 Å². The van der Waals surface area contributed by atoms with Gasteiger partial charge in [-0.1, -0.05) is 25.5 Å². The third-order valence-electron chi connectivity index (χ3n) is 3.68. The molecule has 1 atom stereocenters. The van der Waals surface area contributed by atoms with E-state index in [9.17, 15) is 19.5 Å². The number of benzene rings is 1. The van der Waals surface area contributed by atoms with Crippen LogP contribution in [0.1, 0.15) is 40.5 Å². The molecular formula is C14H14N2O6. The lowest BCUT2D eigenvalue weighted by atomic mass is 10.0. The zero-order chi connectivity index (χ0) is 15.9. The van der Waals surface area contributed by atoms with E-state index in [0.29, 0.717) is 12.8 Å². The molecule has 0 aliphatic carbocycles. The minimum Gasteiger partial charge on any atom is -0.477 e. The molecule has 1 unspecified atom stereocenters. The first kappa shape index (κ1) is 14.6. The molecule has 1 saturated heterocycles. The van der Waals surface area contributed by atoms with Crippen molar-refractivity contribution in [3.63, 3.8) is 0 Å².